The molecule has 1 aliphatic heterocycles. The summed E-state index contributed by atoms with van der Waals surface area (Å²) in [5.74, 6) is 1.46. The van der Waals surface area contributed by atoms with Crippen LogP contribution in [0.3, 0.4) is 0 Å². The summed E-state index contributed by atoms with van der Waals surface area (Å²) in [6.45, 7) is 0.125. The van der Waals surface area contributed by atoms with Gasteiger partial charge < -0.3 is 10.8 Å². The van der Waals surface area contributed by atoms with Gasteiger partial charge in [-0.25, -0.2) is 0 Å². The highest BCUT2D eigenvalue weighted by molar-refractivity contribution is 9.10. The lowest BCUT2D eigenvalue weighted by Gasteiger charge is -2.15. The van der Waals surface area contributed by atoms with Gasteiger partial charge in [0, 0.05) is 16.8 Å². The minimum Gasteiger partial charge on any atom is -0.481 e. The maximum Gasteiger partial charge on any atom is 0.312 e. The molecule has 1 fully saturated rings. The first kappa shape index (κ1) is 13.9. The number of benzene rings is 1. The van der Waals surface area contributed by atoms with Crippen molar-refractivity contribution >= 4 is 33.7 Å². The number of halogens is 1. The molecule has 2 atom stereocenters. The van der Waals surface area contributed by atoms with Crippen LogP contribution in [0.15, 0.2) is 22.7 Å². The van der Waals surface area contributed by atoms with E-state index in [2.05, 4.69) is 15.9 Å². The Morgan fingerprint density at radius 1 is 1.61 bits per heavy atom. The summed E-state index contributed by atoms with van der Waals surface area (Å²) in [6, 6.07) is 5.85. The molecule has 2 rings (SSSR count). The van der Waals surface area contributed by atoms with Gasteiger partial charge in [-0.1, -0.05) is 28.1 Å². The Bertz CT molecular complexity index is 447. The van der Waals surface area contributed by atoms with Crippen molar-refractivity contribution in [1.29, 1.82) is 0 Å². The van der Waals surface area contributed by atoms with Crippen molar-refractivity contribution in [2.24, 2.45) is 5.73 Å². The molecule has 18 heavy (non-hydrogen) atoms. The van der Waals surface area contributed by atoms with Crippen molar-refractivity contribution in [3.05, 3.63) is 33.8 Å². The smallest absolute Gasteiger partial charge is 0.312 e. The number of rotatable bonds is 4. The van der Waals surface area contributed by atoms with Crippen molar-refractivity contribution in [1.82, 2.24) is 0 Å². The van der Waals surface area contributed by atoms with Crippen LogP contribution in [0.2, 0.25) is 0 Å². The highest BCUT2D eigenvalue weighted by Crippen LogP contribution is 2.37. The van der Waals surface area contributed by atoms with E-state index in [1.807, 2.05) is 30.0 Å². The Hall–Kier alpha value is -0.520. The van der Waals surface area contributed by atoms with Crippen LogP contribution in [-0.4, -0.2) is 29.1 Å². The number of hydrogen-bond acceptors (Lipinski definition) is 3. The standard InChI is InChI=1S/C13H16BrNO2S/c14-12-5-8(11(6-15)13(16)17)1-2-10(12)9-3-4-18-7-9/h1-2,5,9,11H,3-4,6-7,15H2,(H,16,17). The molecule has 1 heterocycles. The van der Waals surface area contributed by atoms with Crippen LogP contribution in [0.1, 0.15) is 29.4 Å². The Morgan fingerprint density at radius 2 is 2.39 bits per heavy atom. The minimum absolute atomic E-state index is 0.125. The maximum atomic E-state index is 11.1. The molecule has 0 spiro atoms. The molecule has 5 heteroatoms. The lowest BCUT2D eigenvalue weighted by Crippen LogP contribution is -2.21. The molecular weight excluding hydrogens is 314 g/mol. The fraction of sp³-hybridized carbons (Fsp3) is 0.462. The molecule has 3 N–H and O–H groups in total. The van der Waals surface area contributed by atoms with Gasteiger partial charge in [-0.15, -0.1) is 0 Å². The van der Waals surface area contributed by atoms with Crippen LogP contribution in [0.4, 0.5) is 0 Å². The monoisotopic (exact) mass is 329 g/mol. The fourth-order valence-corrected chi connectivity index (χ4v) is 4.22. The van der Waals surface area contributed by atoms with Gasteiger partial charge in [0.15, 0.2) is 0 Å². The van der Waals surface area contributed by atoms with Crippen molar-refractivity contribution in [3.8, 4) is 0 Å². The van der Waals surface area contributed by atoms with E-state index in [9.17, 15) is 4.79 Å². The van der Waals surface area contributed by atoms with Gasteiger partial charge in [0.25, 0.3) is 0 Å². The SMILES string of the molecule is NCC(C(=O)O)c1ccc(C2CCSC2)c(Br)c1. The van der Waals surface area contributed by atoms with E-state index in [0.717, 1.165) is 15.8 Å². The van der Waals surface area contributed by atoms with Gasteiger partial charge in [-0.2, -0.15) is 11.8 Å². The molecule has 1 aromatic rings. The highest BCUT2D eigenvalue weighted by atomic mass is 79.9. The van der Waals surface area contributed by atoms with Crippen molar-refractivity contribution in [2.45, 2.75) is 18.3 Å². The number of aliphatic carboxylic acids is 1. The molecule has 0 bridgehead atoms. The molecule has 98 valence electrons. The number of carboxylic acids is 1. The summed E-state index contributed by atoms with van der Waals surface area (Å²) in [5.41, 5.74) is 7.57. The first-order valence-corrected chi connectivity index (χ1v) is 7.88. The lowest BCUT2D eigenvalue weighted by molar-refractivity contribution is -0.138. The number of carbonyl (C=O) groups is 1. The van der Waals surface area contributed by atoms with Crippen LogP contribution in [0.5, 0.6) is 0 Å². The van der Waals surface area contributed by atoms with Gasteiger partial charge in [-0.05, 0) is 35.3 Å². The summed E-state index contributed by atoms with van der Waals surface area (Å²) in [6.07, 6.45) is 1.20. The van der Waals surface area contributed by atoms with Crippen LogP contribution < -0.4 is 5.73 Å². The third kappa shape index (κ3) is 2.90. The largest absolute Gasteiger partial charge is 0.481 e. The zero-order valence-corrected chi connectivity index (χ0v) is 12.3. The molecule has 0 aliphatic carbocycles. The number of thioether (sulfide) groups is 1. The zero-order valence-electron chi connectivity index (χ0n) is 9.93. The van der Waals surface area contributed by atoms with Crippen molar-refractivity contribution in [3.63, 3.8) is 0 Å². The Morgan fingerprint density at radius 3 is 2.89 bits per heavy atom. The topological polar surface area (TPSA) is 63.3 Å². The van der Waals surface area contributed by atoms with E-state index in [1.54, 1.807) is 0 Å². The van der Waals surface area contributed by atoms with Crippen molar-refractivity contribution < 1.29 is 9.90 Å². The second-order valence-corrected chi connectivity index (χ2v) is 6.47. The number of nitrogens with two attached hydrogens (primary N) is 1. The molecule has 0 aromatic heterocycles. The van der Waals surface area contributed by atoms with Gasteiger partial charge in [-0.3, -0.25) is 4.79 Å². The quantitative estimate of drug-likeness (QED) is 0.891. The molecule has 0 amide bonds. The summed E-state index contributed by atoms with van der Waals surface area (Å²) < 4.78 is 1.01. The van der Waals surface area contributed by atoms with E-state index in [-0.39, 0.29) is 6.54 Å². The second-order valence-electron chi connectivity index (χ2n) is 4.47. The molecule has 2 unspecified atom stereocenters. The van der Waals surface area contributed by atoms with Crippen LogP contribution in [0, 0.1) is 0 Å². The van der Waals surface area contributed by atoms with Crippen LogP contribution in [-0.2, 0) is 4.79 Å². The summed E-state index contributed by atoms with van der Waals surface area (Å²) in [5, 5.41) is 9.10. The second kappa shape index (κ2) is 6.08. The van der Waals surface area contributed by atoms with E-state index in [1.165, 1.54) is 17.7 Å². The van der Waals surface area contributed by atoms with Crippen LogP contribution in [0.25, 0.3) is 0 Å². The molecule has 0 saturated carbocycles. The Balaban J connectivity index is 2.26. The number of carboxylic acid groups (broad SMARTS) is 1. The van der Waals surface area contributed by atoms with E-state index in [0.29, 0.717) is 5.92 Å². The first-order valence-electron chi connectivity index (χ1n) is 5.93. The molecule has 3 nitrogen and oxygen atoms in total. The Kier molecular flexibility index (Phi) is 4.70. The van der Waals surface area contributed by atoms with Gasteiger partial charge in [0.1, 0.15) is 0 Å². The highest BCUT2D eigenvalue weighted by Gasteiger charge is 2.22. The summed E-state index contributed by atoms with van der Waals surface area (Å²) in [4.78, 5) is 11.1. The van der Waals surface area contributed by atoms with Crippen LogP contribution >= 0.6 is 27.7 Å². The predicted octanol–water partition coefficient (Wildman–Crippen LogP) is 2.80. The average Bonchev–Trinajstić information content (AvgIpc) is 2.83. The third-order valence-corrected chi connectivity index (χ3v) is 5.18. The first-order chi connectivity index (χ1) is 8.63. The van der Waals surface area contributed by atoms with Gasteiger partial charge in [0.05, 0.1) is 5.92 Å². The van der Waals surface area contributed by atoms with E-state index in [4.69, 9.17) is 10.8 Å². The fourth-order valence-electron chi connectivity index (χ4n) is 2.25. The van der Waals surface area contributed by atoms with Crippen molar-refractivity contribution in [2.75, 3.05) is 18.1 Å². The third-order valence-electron chi connectivity index (χ3n) is 3.33. The molecular formula is C13H16BrNO2S. The van der Waals surface area contributed by atoms with Gasteiger partial charge >= 0.3 is 5.97 Å². The normalized spacial score (nSPS) is 20.9. The maximum absolute atomic E-state index is 11.1. The summed E-state index contributed by atoms with van der Waals surface area (Å²) in [7, 11) is 0. The average molecular weight is 330 g/mol. The predicted molar refractivity (Wildman–Crippen MR) is 78.3 cm³/mol. The van der Waals surface area contributed by atoms with E-state index < -0.39 is 11.9 Å². The van der Waals surface area contributed by atoms with Gasteiger partial charge in [0.2, 0.25) is 0 Å². The summed E-state index contributed by atoms with van der Waals surface area (Å²) >= 11 is 5.53. The molecule has 1 aliphatic rings. The molecule has 1 aromatic carbocycles. The lowest BCUT2D eigenvalue weighted by atomic mass is 9.93. The molecule has 1 saturated heterocycles. The number of hydrogen-bond donors (Lipinski definition) is 2. The van der Waals surface area contributed by atoms with E-state index >= 15 is 0 Å². The minimum atomic E-state index is -0.867. The zero-order chi connectivity index (χ0) is 13.1. The molecule has 0 radical (unpaired) electrons. The Labute approximate surface area is 119 Å².